The van der Waals surface area contributed by atoms with Crippen LogP contribution in [-0.4, -0.2) is 15.7 Å². The van der Waals surface area contributed by atoms with Crippen LogP contribution in [0.1, 0.15) is 20.8 Å². The van der Waals surface area contributed by atoms with Gasteiger partial charge in [0, 0.05) is 35.5 Å². The molecule has 2 fully saturated rings. The summed E-state index contributed by atoms with van der Waals surface area (Å²) in [5, 5.41) is 0. The third-order valence-corrected chi connectivity index (χ3v) is 4.74. The van der Waals surface area contributed by atoms with E-state index < -0.39 is 0 Å². The van der Waals surface area contributed by atoms with Crippen molar-refractivity contribution in [3.8, 4) is 0 Å². The molecule has 0 aromatic rings. The van der Waals surface area contributed by atoms with E-state index in [-0.39, 0.29) is 0 Å². The van der Waals surface area contributed by atoms with Gasteiger partial charge in [0.15, 0.2) is 0 Å². The molecular formula is C8H14IN. The number of hydrogen-bond acceptors (Lipinski definition) is 1. The third kappa shape index (κ3) is 0.721. The molecule has 10 heavy (non-hydrogen) atoms. The van der Waals surface area contributed by atoms with Gasteiger partial charge in [-0.05, 0) is 24.2 Å². The van der Waals surface area contributed by atoms with E-state index in [0.29, 0.717) is 5.41 Å². The van der Waals surface area contributed by atoms with Gasteiger partial charge in [0.05, 0.1) is 0 Å². The number of nitrogens with zero attached hydrogens (tertiary/aromatic N) is 1. The minimum absolute atomic E-state index is 0.668. The number of fused-ring (bicyclic) bond motifs is 1. The number of piperidine rings is 1. The molecule has 3 atom stereocenters. The Labute approximate surface area is 76.7 Å². The molecule has 1 saturated carbocycles. The maximum atomic E-state index is 2.46. The summed E-state index contributed by atoms with van der Waals surface area (Å²) in [6, 6.07) is 0.820. The zero-order valence-corrected chi connectivity index (χ0v) is 8.92. The van der Waals surface area contributed by atoms with Gasteiger partial charge in [0.25, 0.3) is 0 Å². The molecule has 1 aliphatic carbocycles. The molecule has 1 nitrogen and oxygen atoms in total. The molecule has 2 aliphatic rings. The van der Waals surface area contributed by atoms with E-state index in [1.807, 2.05) is 0 Å². The van der Waals surface area contributed by atoms with Gasteiger partial charge >= 0.3 is 0 Å². The second-order valence-corrected chi connectivity index (χ2v) is 5.52. The van der Waals surface area contributed by atoms with Gasteiger partial charge in [-0.25, -0.2) is 3.11 Å². The van der Waals surface area contributed by atoms with Crippen LogP contribution < -0.4 is 0 Å². The fourth-order valence-corrected chi connectivity index (χ4v) is 3.39. The van der Waals surface area contributed by atoms with Gasteiger partial charge < -0.3 is 0 Å². The van der Waals surface area contributed by atoms with Crippen LogP contribution in [-0.2, 0) is 0 Å². The molecule has 1 aliphatic heterocycles. The SMILES string of the molecule is CC1C2C(CN1I)C2(C)C. The van der Waals surface area contributed by atoms with Gasteiger partial charge in [-0.1, -0.05) is 13.8 Å². The van der Waals surface area contributed by atoms with E-state index in [0.717, 1.165) is 17.9 Å². The topological polar surface area (TPSA) is 3.24 Å². The highest BCUT2D eigenvalue weighted by atomic mass is 127. The van der Waals surface area contributed by atoms with Crippen LogP contribution in [0.5, 0.6) is 0 Å². The molecule has 0 radical (unpaired) electrons. The molecule has 0 amide bonds. The van der Waals surface area contributed by atoms with Crippen molar-refractivity contribution in [2.45, 2.75) is 26.8 Å². The first-order valence-corrected chi connectivity index (χ1v) is 4.94. The first-order chi connectivity index (χ1) is 4.55. The molecule has 58 valence electrons. The summed E-state index contributed by atoms with van der Waals surface area (Å²) in [4.78, 5) is 0. The molecule has 0 aromatic carbocycles. The average Bonchev–Trinajstić information content (AvgIpc) is 2.12. The Balaban J connectivity index is 2.13. The normalized spacial score (nSPS) is 51.0. The minimum Gasteiger partial charge on any atom is -0.244 e. The van der Waals surface area contributed by atoms with Crippen LogP contribution in [0.4, 0.5) is 0 Å². The van der Waals surface area contributed by atoms with Crippen molar-refractivity contribution in [2.24, 2.45) is 17.3 Å². The van der Waals surface area contributed by atoms with E-state index in [1.165, 1.54) is 6.54 Å². The molecule has 2 rings (SSSR count). The van der Waals surface area contributed by atoms with Crippen LogP contribution >= 0.6 is 22.9 Å². The number of halogens is 1. The Morgan fingerprint density at radius 1 is 1.50 bits per heavy atom. The Bertz CT molecular complexity index is 165. The van der Waals surface area contributed by atoms with E-state index in [1.54, 1.807) is 0 Å². The van der Waals surface area contributed by atoms with Crippen molar-refractivity contribution in [1.82, 2.24) is 3.11 Å². The lowest BCUT2D eigenvalue weighted by Crippen LogP contribution is -2.25. The van der Waals surface area contributed by atoms with Crippen LogP contribution in [0.25, 0.3) is 0 Å². The second-order valence-electron chi connectivity index (χ2n) is 4.28. The standard InChI is InChI=1S/C8H14IN/c1-5-7-6(4-10(5)9)8(7,2)3/h5-7H,4H2,1-3H3. The molecular weight excluding hydrogens is 237 g/mol. The summed E-state index contributed by atoms with van der Waals surface area (Å²) in [7, 11) is 0. The van der Waals surface area contributed by atoms with E-state index in [2.05, 4.69) is 46.7 Å². The minimum atomic E-state index is 0.668. The van der Waals surface area contributed by atoms with Crippen LogP contribution in [0, 0.1) is 17.3 Å². The van der Waals surface area contributed by atoms with E-state index in [4.69, 9.17) is 0 Å². The van der Waals surface area contributed by atoms with Crippen molar-refractivity contribution in [2.75, 3.05) is 6.54 Å². The summed E-state index contributed by atoms with van der Waals surface area (Å²) in [6.07, 6.45) is 0. The number of hydrogen-bond donors (Lipinski definition) is 0. The molecule has 2 heteroatoms. The Morgan fingerprint density at radius 2 is 2.10 bits per heavy atom. The zero-order chi connectivity index (χ0) is 7.52. The lowest BCUT2D eigenvalue weighted by atomic mass is 10.0. The lowest BCUT2D eigenvalue weighted by molar-refractivity contribution is 0.341. The predicted molar refractivity (Wildman–Crippen MR) is 50.9 cm³/mol. The molecule has 1 heterocycles. The number of rotatable bonds is 0. The quantitative estimate of drug-likeness (QED) is 0.471. The first kappa shape index (κ1) is 7.35. The van der Waals surface area contributed by atoms with Gasteiger partial charge in [-0.15, -0.1) is 0 Å². The maximum Gasteiger partial charge on any atom is 0.0204 e. The Morgan fingerprint density at radius 3 is 2.40 bits per heavy atom. The molecule has 0 spiro atoms. The van der Waals surface area contributed by atoms with Crippen LogP contribution in [0.15, 0.2) is 0 Å². The fraction of sp³-hybridized carbons (Fsp3) is 1.00. The van der Waals surface area contributed by atoms with Crippen molar-refractivity contribution >= 4 is 22.9 Å². The smallest absolute Gasteiger partial charge is 0.0204 e. The highest BCUT2D eigenvalue weighted by Crippen LogP contribution is 2.65. The second kappa shape index (κ2) is 1.89. The van der Waals surface area contributed by atoms with Gasteiger partial charge in [0.1, 0.15) is 0 Å². The maximum absolute atomic E-state index is 2.46. The average molecular weight is 251 g/mol. The molecule has 3 unspecified atom stereocenters. The van der Waals surface area contributed by atoms with E-state index >= 15 is 0 Å². The van der Waals surface area contributed by atoms with Crippen molar-refractivity contribution in [1.29, 1.82) is 0 Å². The predicted octanol–water partition coefficient (Wildman–Crippen LogP) is 2.31. The summed E-state index contributed by atoms with van der Waals surface area (Å²) in [5.74, 6) is 1.99. The van der Waals surface area contributed by atoms with Crippen LogP contribution in [0.3, 0.4) is 0 Å². The third-order valence-electron chi connectivity index (χ3n) is 3.47. The Kier molecular flexibility index (Phi) is 1.39. The van der Waals surface area contributed by atoms with Crippen molar-refractivity contribution in [3.05, 3.63) is 0 Å². The fourth-order valence-electron chi connectivity index (χ4n) is 2.62. The molecule has 1 saturated heterocycles. The molecule has 0 aromatic heterocycles. The Hall–Kier alpha value is 0.690. The van der Waals surface area contributed by atoms with E-state index in [9.17, 15) is 0 Å². The van der Waals surface area contributed by atoms with Gasteiger partial charge in [0.2, 0.25) is 0 Å². The van der Waals surface area contributed by atoms with Gasteiger partial charge in [-0.2, -0.15) is 0 Å². The highest BCUT2D eigenvalue weighted by molar-refractivity contribution is 14.1. The summed E-state index contributed by atoms with van der Waals surface area (Å²) in [6.45, 7) is 8.48. The lowest BCUT2D eigenvalue weighted by Gasteiger charge is -2.21. The zero-order valence-electron chi connectivity index (χ0n) is 6.76. The van der Waals surface area contributed by atoms with Crippen molar-refractivity contribution in [3.63, 3.8) is 0 Å². The van der Waals surface area contributed by atoms with Crippen molar-refractivity contribution < 1.29 is 0 Å². The summed E-state index contributed by atoms with van der Waals surface area (Å²) < 4.78 is 2.46. The molecule has 0 N–H and O–H groups in total. The molecule has 0 bridgehead atoms. The first-order valence-electron chi connectivity index (χ1n) is 3.97. The summed E-state index contributed by atoms with van der Waals surface area (Å²) in [5.41, 5.74) is 0.668. The van der Waals surface area contributed by atoms with Crippen LogP contribution in [0.2, 0.25) is 0 Å². The largest absolute Gasteiger partial charge is 0.244 e. The monoisotopic (exact) mass is 251 g/mol. The highest BCUT2D eigenvalue weighted by Gasteiger charge is 2.64. The van der Waals surface area contributed by atoms with Gasteiger partial charge in [-0.3, -0.25) is 0 Å². The summed E-state index contributed by atoms with van der Waals surface area (Å²) >= 11 is 2.45.